The maximum absolute atomic E-state index is 12.5. The highest BCUT2D eigenvalue weighted by atomic mass is 16.6. The number of amides is 1. The zero-order chi connectivity index (χ0) is 18.0. The van der Waals surface area contributed by atoms with E-state index in [-0.39, 0.29) is 11.3 Å². The van der Waals surface area contributed by atoms with Gasteiger partial charge in [0, 0.05) is 29.7 Å². The lowest BCUT2D eigenvalue weighted by molar-refractivity contribution is -0.384. The Bertz CT molecular complexity index is 929. The zero-order valence-electron chi connectivity index (χ0n) is 13.8. The molecule has 1 aromatic heterocycles. The van der Waals surface area contributed by atoms with Crippen LogP contribution in [0.15, 0.2) is 55.1 Å². The van der Waals surface area contributed by atoms with Gasteiger partial charge >= 0.3 is 0 Å². The summed E-state index contributed by atoms with van der Waals surface area (Å²) in [4.78, 5) is 27.2. The molecule has 1 amide bonds. The molecule has 1 N–H and O–H groups in total. The predicted octanol–water partition coefficient (Wildman–Crippen LogP) is 3.65. The van der Waals surface area contributed by atoms with Gasteiger partial charge in [0.15, 0.2) is 0 Å². The lowest BCUT2D eigenvalue weighted by Crippen LogP contribution is -2.13. The van der Waals surface area contributed by atoms with Crippen molar-refractivity contribution in [2.24, 2.45) is 0 Å². The molecule has 0 aliphatic rings. The van der Waals surface area contributed by atoms with Crippen molar-refractivity contribution in [3.63, 3.8) is 0 Å². The van der Waals surface area contributed by atoms with Crippen molar-refractivity contribution in [2.45, 2.75) is 13.8 Å². The lowest BCUT2D eigenvalue weighted by Gasteiger charge is -2.09. The first-order valence-electron chi connectivity index (χ1n) is 7.60. The van der Waals surface area contributed by atoms with Crippen LogP contribution in [0.3, 0.4) is 0 Å². The van der Waals surface area contributed by atoms with Gasteiger partial charge in [0.05, 0.1) is 11.3 Å². The summed E-state index contributed by atoms with van der Waals surface area (Å²) in [5.74, 6) is -0.398. The molecule has 0 saturated carbocycles. The number of nitrogens with one attached hydrogen (secondary N) is 1. The quantitative estimate of drug-likeness (QED) is 0.581. The lowest BCUT2D eigenvalue weighted by atomic mass is 10.1. The summed E-state index contributed by atoms with van der Waals surface area (Å²) >= 11 is 0. The summed E-state index contributed by atoms with van der Waals surface area (Å²) in [7, 11) is 0. The molecule has 0 atom stereocenters. The Balaban J connectivity index is 1.93. The first kappa shape index (κ1) is 16.4. The number of rotatable bonds is 4. The fraction of sp³-hybridized carbons (Fsp3) is 0.111. The number of nitrogens with zero attached hydrogens (tertiary/aromatic N) is 3. The maximum atomic E-state index is 12.5. The number of carbonyl (C=O) groups is 1. The Morgan fingerprint density at radius 1 is 1.16 bits per heavy atom. The van der Waals surface area contributed by atoms with E-state index < -0.39 is 10.8 Å². The first-order chi connectivity index (χ1) is 11.9. The van der Waals surface area contributed by atoms with Gasteiger partial charge in [-0.05, 0) is 49.2 Å². The molecule has 0 bridgehead atoms. The highest BCUT2D eigenvalue weighted by Crippen LogP contribution is 2.25. The molecule has 0 saturated heterocycles. The molecule has 7 heteroatoms. The molecule has 0 aliphatic heterocycles. The summed E-state index contributed by atoms with van der Waals surface area (Å²) < 4.78 is 1.53. The number of aryl methyl sites for hydroxylation is 2. The minimum atomic E-state index is -0.511. The predicted molar refractivity (Wildman–Crippen MR) is 94.1 cm³/mol. The topological polar surface area (TPSA) is 90.1 Å². The van der Waals surface area contributed by atoms with Crippen LogP contribution in [-0.4, -0.2) is 20.4 Å². The summed E-state index contributed by atoms with van der Waals surface area (Å²) in [5, 5.41) is 14.2. The van der Waals surface area contributed by atoms with E-state index in [0.29, 0.717) is 11.4 Å². The van der Waals surface area contributed by atoms with E-state index in [1.807, 2.05) is 32.0 Å². The van der Waals surface area contributed by atoms with Crippen LogP contribution < -0.4 is 5.32 Å². The van der Waals surface area contributed by atoms with Crippen LogP contribution >= 0.6 is 0 Å². The van der Waals surface area contributed by atoms with Gasteiger partial charge in [-0.2, -0.15) is 0 Å². The molecule has 0 aliphatic carbocycles. The zero-order valence-corrected chi connectivity index (χ0v) is 13.8. The molecule has 0 spiro atoms. The summed E-state index contributed by atoms with van der Waals surface area (Å²) in [6, 6.07) is 10.1. The third kappa shape index (κ3) is 3.55. The fourth-order valence-electron chi connectivity index (χ4n) is 2.68. The van der Waals surface area contributed by atoms with Crippen LogP contribution in [0.25, 0.3) is 5.69 Å². The number of hydrogen-bond donors (Lipinski definition) is 1. The van der Waals surface area contributed by atoms with E-state index in [4.69, 9.17) is 0 Å². The van der Waals surface area contributed by atoms with Gasteiger partial charge < -0.3 is 9.88 Å². The minimum Gasteiger partial charge on any atom is -0.322 e. The van der Waals surface area contributed by atoms with Gasteiger partial charge in [0.2, 0.25) is 0 Å². The van der Waals surface area contributed by atoms with E-state index in [1.165, 1.54) is 29.2 Å². The second-order valence-corrected chi connectivity index (χ2v) is 5.76. The first-order valence-corrected chi connectivity index (χ1v) is 7.60. The van der Waals surface area contributed by atoms with E-state index in [1.54, 1.807) is 12.3 Å². The number of imidazole rings is 1. The molecule has 126 valence electrons. The third-order valence-corrected chi connectivity index (χ3v) is 3.70. The standard InChI is InChI=1S/C18H16N4O3/c1-12-7-13(2)9-15(8-12)20-18(23)14-3-4-16(17(10-14)22(24)25)21-6-5-19-11-21/h3-11H,1-2H3,(H,20,23). The third-order valence-electron chi connectivity index (χ3n) is 3.70. The Morgan fingerprint density at radius 2 is 1.88 bits per heavy atom. The Labute approximate surface area is 144 Å². The van der Waals surface area contributed by atoms with Crippen LogP contribution in [0.5, 0.6) is 0 Å². The monoisotopic (exact) mass is 336 g/mol. The van der Waals surface area contributed by atoms with E-state index >= 15 is 0 Å². The van der Waals surface area contributed by atoms with Crippen LogP contribution in [0, 0.1) is 24.0 Å². The average Bonchev–Trinajstić information content (AvgIpc) is 3.07. The van der Waals surface area contributed by atoms with Gasteiger partial charge in [-0.1, -0.05) is 6.07 Å². The Morgan fingerprint density at radius 3 is 2.48 bits per heavy atom. The molecule has 7 nitrogen and oxygen atoms in total. The molecule has 0 unspecified atom stereocenters. The van der Waals surface area contributed by atoms with Crippen molar-refractivity contribution in [1.82, 2.24) is 9.55 Å². The van der Waals surface area contributed by atoms with Crippen LogP contribution in [0.1, 0.15) is 21.5 Å². The highest BCUT2D eigenvalue weighted by molar-refractivity contribution is 6.05. The van der Waals surface area contributed by atoms with Crippen LogP contribution in [-0.2, 0) is 0 Å². The highest BCUT2D eigenvalue weighted by Gasteiger charge is 2.19. The summed E-state index contributed by atoms with van der Waals surface area (Å²) in [6.07, 6.45) is 4.61. The van der Waals surface area contributed by atoms with Crippen LogP contribution in [0.4, 0.5) is 11.4 Å². The number of nitro groups is 1. The maximum Gasteiger partial charge on any atom is 0.294 e. The van der Waals surface area contributed by atoms with E-state index in [0.717, 1.165) is 11.1 Å². The molecular formula is C18H16N4O3. The number of carbonyl (C=O) groups excluding carboxylic acids is 1. The second kappa shape index (κ2) is 6.56. The number of aromatic nitrogens is 2. The Kier molecular flexibility index (Phi) is 4.30. The van der Waals surface area contributed by atoms with Crippen molar-refractivity contribution in [3.05, 3.63) is 81.9 Å². The summed E-state index contributed by atoms with van der Waals surface area (Å²) in [6.45, 7) is 3.88. The molecule has 3 aromatic rings. The van der Waals surface area contributed by atoms with E-state index in [9.17, 15) is 14.9 Å². The average molecular weight is 336 g/mol. The fourth-order valence-corrected chi connectivity index (χ4v) is 2.68. The van der Waals surface area contributed by atoms with Gasteiger partial charge in [-0.25, -0.2) is 4.98 Å². The molecule has 25 heavy (non-hydrogen) atoms. The van der Waals surface area contributed by atoms with Crippen molar-refractivity contribution in [3.8, 4) is 5.69 Å². The molecule has 1 heterocycles. The smallest absolute Gasteiger partial charge is 0.294 e. The van der Waals surface area contributed by atoms with Crippen LogP contribution in [0.2, 0.25) is 0 Å². The Hall–Kier alpha value is -3.48. The summed E-state index contributed by atoms with van der Waals surface area (Å²) in [5.41, 5.74) is 3.11. The molecular weight excluding hydrogens is 320 g/mol. The van der Waals surface area contributed by atoms with Gasteiger partial charge in [-0.15, -0.1) is 0 Å². The SMILES string of the molecule is Cc1cc(C)cc(NC(=O)c2ccc(-n3ccnc3)c([N+](=O)[O-])c2)c1. The van der Waals surface area contributed by atoms with Crippen molar-refractivity contribution < 1.29 is 9.72 Å². The number of anilines is 1. The van der Waals surface area contributed by atoms with Gasteiger partial charge in [-0.3, -0.25) is 14.9 Å². The number of nitro benzene ring substituents is 1. The van der Waals surface area contributed by atoms with Crippen molar-refractivity contribution in [1.29, 1.82) is 0 Å². The van der Waals surface area contributed by atoms with Gasteiger partial charge in [0.25, 0.3) is 11.6 Å². The molecule has 0 fully saturated rings. The largest absolute Gasteiger partial charge is 0.322 e. The normalized spacial score (nSPS) is 10.5. The van der Waals surface area contributed by atoms with Gasteiger partial charge in [0.1, 0.15) is 5.69 Å². The molecule has 0 radical (unpaired) electrons. The molecule has 3 rings (SSSR count). The molecule has 2 aromatic carbocycles. The van der Waals surface area contributed by atoms with Crippen molar-refractivity contribution in [2.75, 3.05) is 5.32 Å². The number of benzene rings is 2. The number of hydrogen-bond acceptors (Lipinski definition) is 4. The minimum absolute atomic E-state index is 0.161. The van der Waals surface area contributed by atoms with E-state index in [2.05, 4.69) is 10.3 Å². The second-order valence-electron chi connectivity index (χ2n) is 5.76. The van der Waals surface area contributed by atoms with Crippen molar-refractivity contribution >= 4 is 17.3 Å².